The van der Waals surface area contributed by atoms with Crippen LogP contribution in [-0.2, 0) is 10.0 Å². The third kappa shape index (κ3) is 5.55. The molecule has 0 aromatic heterocycles. The number of nitrogens with zero attached hydrogens (tertiary/aromatic N) is 1. The van der Waals surface area contributed by atoms with E-state index in [4.69, 9.17) is 0 Å². The van der Waals surface area contributed by atoms with E-state index in [9.17, 15) is 18.0 Å². The molecule has 172 valence electrons. The number of rotatable bonds is 7. The molecule has 0 radical (unpaired) electrons. The number of aryl methyl sites for hydroxylation is 1. The Morgan fingerprint density at radius 3 is 2.34 bits per heavy atom. The zero-order valence-corrected chi connectivity index (χ0v) is 19.5. The first-order chi connectivity index (χ1) is 15.3. The highest BCUT2D eigenvalue weighted by atomic mass is 32.2. The molecule has 1 heterocycles. The molecule has 0 spiro atoms. The van der Waals surface area contributed by atoms with Crippen LogP contribution in [0.5, 0.6) is 0 Å². The second-order valence-electron chi connectivity index (χ2n) is 8.05. The van der Waals surface area contributed by atoms with Crippen molar-refractivity contribution < 1.29 is 18.0 Å². The molecule has 3 rings (SSSR count). The number of hydrogen-bond donors (Lipinski definition) is 2. The molecule has 0 saturated carbocycles. The van der Waals surface area contributed by atoms with E-state index in [-0.39, 0.29) is 16.4 Å². The monoisotopic (exact) mass is 457 g/mol. The standard InChI is InChI=1S/C24H31N3O4S/c1-3-14-25-24(29)20-10-6-7-11-21(20)26-23(28)19-13-12-18(2)22(17-19)32(30,31)27-15-8-4-5-9-16-27/h6-7,10-13,17H,3-5,8-9,14-16H2,1-2H3,(H,25,29)(H,26,28). The largest absolute Gasteiger partial charge is 0.352 e. The normalized spacial score (nSPS) is 15.1. The summed E-state index contributed by atoms with van der Waals surface area (Å²) >= 11 is 0. The minimum atomic E-state index is -3.69. The maximum absolute atomic E-state index is 13.3. The fraction of sp³-hybridized carbons (Fsp3) is 0.417. The summed E-state index contributed by atoms with van der Waals surface area (Å²) in [5.41, 5.74) is 1.57. The summed E-state index contributed by atoms with van der Waals surface area (Å²) < 4.78 is 28.1. The molecule has 8 heteroatoms. The van der Waals surface area contributed by atoms with Crippen molar-refractivity contribution in [2.75, 3.05) is 25.0 Å². The van der Waals surface area contributed by atoms with Gasteiger partial charge in [-0.05, 0) is 56.0 Å². The number of para-hydroxylation sites is 1. The van der Waals surface area contributed by atoms with Crippen molar-refractivity contribution in [1.82, 2.24) is 9.62 Å². The Hall–Kier alpha value is -2.71. The van der Waals surface area contributed by atoms with E-state index in [0.717, 1.165) is 32.1 Å². The van der Waals surface area contributed by atoms with E-state index >= 15 is 0 Å². The van der Waals surface area contributed by atoms with Crippen LogP contribution in [0.15, 0.2) is 47.4 Å². The Bertz CT molecular complexity index is 1070. The van der Waals surface area contributed by atoms with Gasteiger partial charge in [-0.2, -0.15) is 4.31 Å². The van der Waals surface area contributed by atoms with Crippen molar-refractivity contribution in [3.63, 3.8) is 0 Å². The first kappa shape index (κ1) is 23.9. The number of nitrogens with one attached hydrogen (secondary N) is 2. The average molecular weight is 458 g/mol. The predicted molar refractivity (Wildman–Crippen MR) is 125 cm³/mol. The van der Waals surface area contributed by atoms with Crippen molar-refractivity contribution in [1.29, 1.82) is 0 Å². The maximum Gasteiger partial charge on any atom is 0.255 e. The van der Waals surface area contributed by atoms with Crippen LogP contribution in [0.4, 0.5) is 5.69 Å². The van der Waals surface area contributed by atoms with Gasteiger partial charge in [0.05, 0.1) is 16.1 Å². The Morgan fingerprint density at radius 1 is 0.969 bits per heavy atom. The summed E-state index contributed by atoms with van der Waals surface area (Å²) in [4.78, 5) is 25.6. The highest BCUT2D eigenvalue weighted by Crippen LogP contribution is 2.25. The van der Waals surface area contributed by atoms with Gasteiger partial charge in [0.15, 0.2) is 0 Å². The molecule has 0 aliphatic carbocycles. The zero-order chi connectivity index (χ0) is 23.1. The molecule has 1 aliphatic rings. The number of carbonyl (C=O) groups is 2. The van der Waals surface area contributed by atoms with Crippen molar-refractivity contribution in [3.05, 3.63) is 59.2 Å². The highest BCUT2D eigenvalue weighted by molar-refractivity contribution is 7.89. The number of benzene rings is 2. The smallest absolute Gasteiger partial charge is 0.255 e. The highest BCUT2D eigenvalue weighted by Gasteiger charge is 2.27. The molecule has 2 aromatic rings. The number of hydrogen-bond acceptors (Lipinski definition) is 4. The Balaban J connectivity index is 1.86. The maximum atomic E-state index is 13.3. The summed E-state index contributed by atoms with van der Waals surface area (Å²) in [6, 6.07) is 11.5. The Labute approximate surface area is 190 Å². The lowest BCUT2D eigenvalue weighted by molar-refractivity contribution is 0.0954. The number of anilines is 1. The molecule has 0 unspecified atom stereocenters. The fourth-order valence-corrected chi connectivity index (χ4v) is 5.53. The number of amides is 2. The molecule has 7 nitrogen and oxygen atoms in total. The number of carbonyl (C=O) groups excluding carboxylic acids is 2. The van der Waals surface area contributed by atoms with Gasteiger partial charge in [0.2, 0.25) is 10.0 Å². The summed E-state index contributed by atoms with van der Waals surface area (Å²) in [5, 5.41) is 5.57. The van der Waals surface area contributed by atoms with Gasteiger partial charge in [0.25, 0.3) is 11.8 Å². The molecule has 0 atom stereocenters. The summed E-state index contributed by atoms with van der Waals surface area (Å²) in [6.45, 7) is 5.23. The molecule has 2 amide bonds. The SMILES string of the molecule is CCCNC(=O)c1ccccc1NC(=O)c1ccc(C)c(S(=O)(=O)N2CCCCCC2)c1. The first-order valence-corrected chi connectivity index (χ1v) is 12.6. The van der Waals surface area contributed by atoms with Gasteiger partial charge in [-0.1, -0.05) is 38.0 Å². The molecule has 1 aliphatic heterocycles. The van der Waals surface area contributed by atoms with Gasteiger partial charge >= 0.3 is 0 Å². The Morgan fingerprint density at radius 2 is 1.66 bits per heavy atom. The molecule has 1 fully saturated rings. The summed E-state index contributed by atoms with van der Waals surface area (Å²) in [7, 11) is -3.69. The van der Waals surface area contributed by atoms with E-state index in [2.05, 4.69) is 10.6 Å². The molecular formula is C24H31N3O4S. The van der Waals surface area contributed by atoms with Gasteiger partial charge in [-0.15, -0.1) is 0 Å². The first-order valence-electron chi connectivity index (χ1n) is 11.1. The third-order valence-electron chi connectivity index (χ3n) is 5.59. The van der Waals surface area contributed by atoms with E-state index in [1.165, 1.54) is 10.4 Å². The zero-order valence-electron chi connectivity index (χ0n) is 18.7. The lowest BCUT2D eigenvalue weighted by Crippen LogP contribution is -2.32. The van der Waals surface area contributed by atoms with Crippen LogP contribution in [0.3, 0.4) is 0 Å². The van der Waals surface area contributed by atoms with Crippen LogP contribution in [0, 0.1) is 6.92 Å². The summed E-state index contributed by atoms with van der Waals surface area (Å²) in [5.74, 6) is -0.732. The molecule has 2 aromatic carbocycles. The average Bonchev–Trinajstić information content (AvgIpc) is 3.08. The van der Waals surface area contributed by atoms with Gasteiger partial charge in [0.1, 0.15) is 0 Å². The van der Waals surface area contributed by atoms with Gasteiger partial charge in [-0.3, -0.25) is 9.59 Å². The van der Waals surface area contributed by atoms with Crippen molar-refractivity contribution in [2.24, 2.45) is 0 Å². The van der Waals surface area contributed by atoms with Crippen LogP contribution >= 0.6 is 0 Å². The third-order valence-corrected chi connectivity index (χ3v) is 7.63. The minimum Gasteiger partial charge on any atom is -0.352 e. The molecule has 2 N–H and O–H groups in total. The minimum absolute atomic E-state index is 0.154. The van der Waals surface area contributed by atoms with Gasteiger partial charge in [0, 0.05) is 25.2 Å². The molecule has 1 saturated heterocycles. The van der Waals surface area contributed by atoms with Crippen LogP contribution in [0.25, 0.3) is 0 Å². The second-order valence-corrected chi connectivity index (χ2v) is 9.96. The van der Waals surface area contributed by atoms with Crippen LogP contribution in [0.2, 0.25) is 0 Å². The van der Waals surface area contributed by atoms with Crippen LogP contribution < -0.4 is 10.6 Å². The van der Waals surface area contributed by atoms with E-state index in [1.54, 1.807) is 43.3 Å². The van der Waals surface area contributed by atoms with Gasteiger partial charge < -0.3 is 10.6 Å². The number of sulfonamides is 1. The van der Waals surface area contributed by atoms with E-state index in [1.807, 2.05) is 6.92 Å². The van der Waals surface area contributed by atoms with Crippen LogP contribution in [-0.4, -0.2) is 44.2 Å². The quantitative estimate of drug-likeness (QED) is 0.658. The van der Waals surface area contributed by atoms with Gasteiger partial charge in [-0.25, -0.2) is 8.42 Å². The topological polar surface area (TPSA) is 95.6 Å². The lowest BCUT2D eigenvalue weighted by atomic mass is 10.1. The summed E-state index contributed by atoms with van der Waals surface area (Å²) in [6.07, 6.45) is 4.54. The molecule has 32 heavy (non-hydrogen) atoms. The van der Waals surface area contributed by atoms with Crippen molar-refractivity contribution in [2.45, 2.75) is 50.8 Å². The van der Waals surface area contributed by atoms with Crippen molar-refractivity contribution >= 4 is 27.5 Å². The van der Waals surface area contributed by atoms with E-state index in [0.29, 0.717) is 36.4 Å². The molecular weight excluding hydrogens is 426 g/mol. The predicted octanol–water partition coefficient (Wildman–Crippen LogP) is 3.95. The van der Waals surface area contributed by atoms with Crippen molar-refractivity contribution in [3.8, 4) is 0 Å². The second kappa shape index (κ2) is 10.7. The lowest BCUT2D eigenvalue weighted by Gasteiger charge is -2.21. The van der Waals surface area contributed by atoms with E-state index < -0.39 is 15.9 Å². The molecule has 0 bridgehead atoms. The van der Waals surface area contributed by atoms with Crippen LogP contribution in [0.1, 0.15) is 65.3 Å². The Kier molecular flexibility index (Phi) is 8.04. The fourth-order valence-electron chi connectivity index (χ4n) is 3.76.